The molecule has 1 amide bonds. The van der Waals surface area contributed by atoms with Crippen LogP contribution in [-0.2, 0) is 28.8 Å². The first kappa shape index (κ1) is 23.7. The molecule has 0 bridgehead atoms. The number of hydrogen-bond acceptors (Lipinski definition) is 4. The van der Waals surface area contributed by atoms with E-state index in [4.69, 9.17) is 9.72 Å². The van der Waals surface area contributed by atoms with Crippen molar-refractivity contribution in [3.8, 4) is 0 Å². The maximum atomic E-state index is 12.2. The van der Waals surface area contributed by atoms with Crippen LogP contribution < -0.4 is 5.32 Å². The van der Waals surface area contributed by atoms with E-state index in [1.54, 1.807) is 0 Å². The first-order valence-corrected chi connectivity index (χ1v) is 13.7. The minimum absolute atomic E-state index is 0.149. The Balaban J connectivity index is 1.12. The predicted molar refractivity (Wildman–Crippen MR) is 143 cm³/mol. The normalized spacial score (nSPS) is 24.2. The second-order valence-corrected chi connectivity index (χ2v) is 11.2. The summed E-state index contributed by atoms with van der Waals surface area (Å²) in [6, 6.07) is 13.4. The van der Waals surface area contributed by atoms with Gasteiger partial charge in [-0.05, 0) is 85.9 Å². The fourth-order valence-corrected chi connectivity index (χ4v) is 6.41. The standard InChI is InChI=1S/C30H38N4O2/c1-4-29-32-25-13-19(2)5-10-26(25)34(29)27-11-12-33(18-28(27)36-3)17-20-14-22-8-9-24(16-23(22)15-20)31-30(35)21-6-7-21/h5,8-10,13,16,20-21,27-28H,4,6-7,11-12,14-15,17-18H2,1-3H3,(H,31,35)/t20?,27?,28-/m1/s1. The van der Waals surface area contributed by atoms with Crippen molar-refractivity contribution in [3.05, 3.63) is 58.9 Å². The number of methoxy groups -OCH3 is 1. The molecule has 2 aliphatic carbocycles. The average Bonchev–Trinajstić information content (AvgIpc) is 3.56. The van der Waals surface area contributed by atoms with Crippen LogP contribution in [0.1, 0.15) is 54.7 Å². The molecule has 6 nitrogen and oxygen atoms in total. The van der Waals surface area contributed by atoms with Gasteiger partial charge in [-0.3, -0.25) is 4.79 Å². The highest BCUT2D eigenvalue weighted by Gasteiger charge is 2.35. The van der Waals surface area contributed by atoms with Gasteiger partial charge in [0.1, 0.15) is 5.82 Å². The Labute approximate surface area is 214 Å². The van der Waals surface area contributed by atoms with Gasteiger partial charge in [0.05, 0.1) is 23.2 Å². The Bertz CT molecular complexity index is 1280. The van der Waals surface area contributed by atoms with Gasteiger partial charge in [-0.25, -0.2) is 4.98 Å². The Morgan fingerprint density at radius 3 is 2.72 bits per heavy atom. The van der Waals surface area contributed by atoms with Crippen molar-refractivity contribution in [2.24, 2.45) is 11.8 Å². The molecular weight excluding hydrogens is 448 g/mol. The quantitative estimate of drug-likeness (QED) is 0.514. The third-order valence-electron chi connectivity index (χ3n) is 8.43. The number of likely N-dealkylation sites (tertiary alicyclic amines) is 1. The highest BCUT2D eigenvalue weighted by Crippen LogP contribution is 2.35. The Kier molecular flexibility index (Phi) is 6.34. The van der Waals surface area contributed by atoms with E-state index in [1.807, 2.05) is 7.11 Å². The van der Waals surface area contributed by atoms with Crippen LogP contribution in [0.15, 0.2) is 36.4 Å². The highest BCUT2D eigenvalue weighted by atomic mass is 16.5. The van der Waals surface area contributed by atoms with E-state index in [9.17, 15) is 4.79 Å². The third kappa shape index (κ3) is 4.57. The van der Waals surface area contributed by atoms with Crippen LogP contribution >= 0.6 is 0 Å². The lowest BCUT2D eigenvalue weighted by atomic mass is 9.98. The summed E-state index contributed by atoms with van der Waals surface area (Å²) >= 11 is 0. The number of nitrogens with zero attached hydrogens (tertiary/aromatic N) is 3. The topological polar surface area (TPSA) is 59.4 Å². The van der Waals surface area contributed by atoms with Crippen molar-refractivity contribution in [2.45, 2.75) is 64.5 Å². The zero-order chi connectivity index (χ0) is 24.8. The van der Waals surface area contributed by atoms with E-state index in [-0.39, 0.29) is 17.9 Å². The number of carbonyl (C=O) groups excluding carboxylic acids is 1. The maximum absolute atomic E-state index is 12.2. The number of hydrogen-bond donors (Lipinski definition) is 1. The van der Waals surface area contributed by atoms with Gasteiger partial charge in [-0.1, -0.05) is 19.1 Å². The van der Waals surface area contributed by atoms with E-state index < -0.39 is 0 Å². The number of rotatable bonds is 7. The molecular formula is C30H38N4O2. The number of imidazole rings is 1. The van der Waals surface area contributed by atoms with Crippen molar-refractivity contribution in [2.75, 3.05) is 32.1 Å². The zero-order valence-corrected chi connectivity index (χ0v) is 21.8. The minimum Gasteiger partial charge on any atom is -0.378 e. The van der Waals surface area contributed by atoms with Crippen molar-refractivity contribution in [1.29, 1.82) is 0 Å². The third-order valence-corrected chi connectivity index (χ3v) is 8.43. The van der Waals surface area contributed by atoms with Crippen molar-refractivity contribution in [3.63, 3.8) is 0 Å². The van der Waals surface area contributed by atoms with Gasteiger partial charge < -0.3 is 19.5 Å². The van der Waals surface area contributed by atoms with Crippen molar-refractivity contribution >= 4 is 22.6 Å². The summed E-state index contributed by atoms with van der Waals surface area (Å²) in [4.78, 5) is 19.7. The SMILES string of the molecule is CCc1nc2cc(C)ccc2n1C1CCN(CC2Cc3ccc(NC(=O)C4CC4)cc3C2)C[C@H]1OC. The number of amides is 1. The maximum Gasteiger partial charge on any atom is 0.227 e. The minimum atomic E-state index is 0.149. The summed E-state index contributed by atoms with van der Waals surface area (Å²) in [5.41, 5.74) is 7.38. The van der Waals surface area contributed by atoms with E-state index in [0.717, 1.165) is 75.2 Å². The van der Waals surface area contributed by atoms with Crippen LogP contribution in [0.2, 0.25) is 0 Å². The molecule has 1 aromatic heterocycles. The van der Waals surface area contributed by atoms with Crippen molar-refractivity contribution in [1.82, 2.24) is 14.5 Å². The van der Waals surface area contributed by atoms with E-state index in [1.165, 1.54) is 22.2 Å². The number of ether oxygens (including phenoxy) is 1. The van der Waals surface area contributed by atoms with Crippen LogP contribution in [0.5, 0.6) is 0 Å². The molecule has 0 spiro atoms. The number of nitrogens with one attached hydrogen (secondary N) is 1. The first-order chi connectivity index (χ1) is 17.5. The van der Waals surface area contributed by atoms with Gasteiger partial charge in [0, 0.05) is 44.8 Å². The van der Waals surface area contributed by atoms with E-state index in [2.05, 4.69) is 65.0 Å². The molecule has 36 heavy (non-hydrogen) atoms. The summed E-state index contributed by atoms with van der Waals surface area (Å²) in [5, 5.41) is 3.11. The molecule has 190 valence electrons. The second-order valence-electron chi connectivity index (χ2n) is 11.2. The van der Waals surface area contributed by atoms with E-state index >= 15 is 0 Å². The molecule has 2 heterocycles. The first-order valence-electron chi connectivity index (χ1n) is 13.7. The van der Waals surface area contributed by atoms with Crippen molar-refractivity contribution < 1.29 is 9.53 Å². The number of carbonyl (C=O) groups is 1. The molecule has 2 unspecified atom stereocenters. The second kappa shape index (κ2) is 9.64. The number of aryl methyl sites for hydroxylation is 2. The van der Waals surface area contributed by atoms with E-state index in [0.29, 0.717) is 12.0 Å². The molecule has 3 aromatic rings. The number of anilines is 1. The molecule has 1 saturated carbocycles. The molecule has 1 aliphatic heterocycles. The van der Waals surface area contributed by atoms with Gasteiger partial charge in [0.25, 0.3) is 0 Å². The number of aromatic nitrogens is 2. The fraction of sp³-hybridized carbons (Fsp3) is 0.533. The van der Waals surface area contributed by atoms with Crippen LogP contribution in [0.4, 0.5) is 5.69 Å². The summed E-state index contributed by atoms with van der Waals surface area (Å²) in [7, 11) is 1.86. The molecule has 6 heteroatoms. The Morgan fingerprint density at radius 1 is 1.11 bits per heavy atom. The zero-order valence-electron chi connectivity index (χ0n) is 21.8. The smallest absolute Gasteiger partial charge is 0.227 e. The molecule has 6 rings (SSSR count). The average molecular weight is 487 g/mol. The molecule has 0 radical (unpaired) electrons. The van der Waals surface area contributed by atoms with Crippen LogP contribution in [0.3, 0.4) is 0 Å². The number of benzene rings is 2. The molecule has 1 N–H and O–H groups in total. The van der Waals surface area contributed by atoms with Gasteiger partial charge in [-0.2, -0.15) is 0 Å². The van der Waals surface area contributed by atoms with Crippen LogP contribution in [0, 0.1) is 18.8 Å². The number of piperidine rings is 1. The fourth-order valence-electron chi connectivity index (χ4n) is 6.41. The van der Waals surface area contributed by atoms with Crippen LogP contribution in [-0.4, -0.2) is 53.2 Å². The van der Waals surface area contributed by atoms with Gasteiger partial charge in [-0.15, -0.1) is 0 Å². The predicted octanol–water partition coefficient (Wildman–Crippen LogP) is 4.93. The van der Waals surface area contributed by atoms with Gasteiger partial charge >= 0.3 is 0 Å². The summed E-state index contributed by atoms with van der Waals surface area (Å²) in [6.07, 6.45) is 6.43. The Hall–Kier alpha value is -2.70. The molecule has 1 saturated heterocycles. The number of fused-ring (bicyclic) bond motifs is 2. The Morgan fingerprint density at radius 2 is 1.94 bits per heavy atom. The molecule has 2 fully saturated rings. The summed E-state index contributed by atoms with van der Waals surface area (Å²) < 4.78 is 8.56. The lowest BCUT2D eigenvalue weighted by molar-refractivity contribution is -0.117. The van der Waals surface area contributed by atoms with Gasteiger partial charge in [0.15, 0.2) is 0 Å². The van der Waals surface area contributed by atoms with Crippen LogP contribution in [0.25, 0.3) is 11.0 Å². The molecule has 2 aromatic carbocycles. The molecule has 3 atom stereocenters. The summed E-state index contributed by atoms with van der Waals surface area (Å²) in [6.45, 7) is 7.45. The van der Waals surface area contributed by atoms with Gasteiger partial charge in [0.2, 0.25) is 5.91 Å². The summed E-state index contributed by atoms with van der Waals surface area (Å²) in [5.74, 6) is 2.20. The largest absolute Gasteiger partial charge is 0.378 e. The highest BCUT2D eigenvalue weighted by molar-refractivity contribution is 5.94. The lowest BCUT2D eigenvalue weighted by Crippen LogP contribution is -2.47. The monoisotopic (exact) mass is 486 g/mol. The molecule has 3 aliphatic rings. The lowest BCUT2D eigenvalue weighted by Gasteiger charge is -2.40.